The van der Waals surface area contributed by atoms with Crippen molar-refractivity contribution in [2.24, 2.45) is 0 Å². The van der Waals surface area contributed by atoms with Crippen molar-refractivity contribution in [2.45, 2.75) is 38.5 Å². The van der Waals surface area contributed by atoms with Crippen molar-refractivity contribution in [1.82, 2.24) is 15.4 Å². The first-order valence-corrected chi connectivity index (χ1v) is 7.47. The van der Waals surface area contributed by atoms with Crippen LogP contribution in [0, 0.1) is 11.3 Å². The molecule has 0 aliphatic heterocycles. The molecule has 0 amide bonds. The van der Waals surface area contributed by atoms with Crippen molar-refractivity contribution in [1.29, 1.82) is 5.26 Å². The van der Waals surface area contributed by atoms with Crippen molar-refractivity contribution in [2.75, 3.05) is 0 Å². The fourth-order valence-electron chi connectivity index (χ4n) is 2.97. The molecule has 1 aromatic carbocycles. The van der Waals surface area contributed by atoms with Crippen molar-refractivity contribution >= 4 is 5.57 Å². The number of nitrogens with one attached hydrogen (secondary N) is 1. The Morgan fingerprint density at radius 1 is 1.05 bits per heavy atom. The van der Waals surface area contributed by atoms with Gasteiger partial charge in [-0.3, -0.25) is 0 Å². The molecular formula is C17H18N4. The van der Waals surface area contributed by atoms with E-state index in [0.29, 0.717) is 5.56 Å². The van der Waals surface area contributed by atoms with Gasteiger partial charge < -0.3 is 0 Å². The number of nitriles is 1. The molecule has 0 unspecified atom stereocenters. The zero-order valence-corrected chi connectivity index (χ0v) is 12.0. The van der Waals surface area contributed by atoms with Crippen LogP contribution in [-0.4, -0.2) is 15.4 Å². The molecule has 1 N–H and O–H groups in total. The normalized spacial score (nSPS) is 15.3. The van der Waals surface area contributed by atoms with E-state index < -0.39 is 0 Å². The first-order chi connectivity index (χ1) is 10.4. The Kier molecular flexibility index (Phi) is 4.11. The number of aromatic amines is 1. The van der Waals surface area contributed by atoms with Crippen LogP contribution >= 0.6 is 0 Å². The maximum atomic E-state index is 8.95. The maximum Gasteiger partial charge on any atom is 0.113 e. The molecule has 4 nitrogen and oxygen atoms in total. The third-order valence-corrected chi connectivity index (χ3v) is 4.03. The lowest BCUT2D eigenvalue weighted by Crippen LogP contribution is -1.96. The van der Waals surface area contributed by atoms with E-state index >= 15 is 0 Å². The summed E-state index contributed by atoms with van der Waals surface area (Å²) in [6.07, 6.45) is 9.14. The molecule has 1 aliphatic rings. The van der Waals surface area contributed by atoms with E-state index in [-0.39, 0.29) is 0 Å². The third-order valence-electron chi connectivity index (χ3n) is 4.03. The zero-order valence-electron chi connectivity index (χ0n) is 12.0. The van der Waals surface area contributed by atoms with Gasteiger partial charge in [0.05, 0.1) is 17.8 Å². The summed E-state index contributed by atoms with van der Waals surface area (Å²) in [5.41, 5.74) is 5.36. The van der Waals surface area contributed by atoms with Crippen molar-refractivity contribution in [3.8, 4) is 6.07 Å². The molecule has 0 saturated heterocycles. The first-order valence-electron chi connectivity index (χ1n) is 7.47. The van der Waals surface area contributed by atoms with Gasteiger partial charge in [-0.1, -0.05) is 30.5 Å². The third kappa shape index (κ3) is 3.03. The average Bonchev–Trinajstić information content (AvgIpc) is 2.91. The Hall–Kier alpha value is -2.41. The topological polar surface area (TPSA) is 65.4 Å². The van der Waals surface area contributed by atoms with Crippen LogP contribution in [-0.2, 0) is 0 Å². The van der Waals surface area contributed by atoms with E-state index in [4.69, 9.17) is 5.26 Å². The molecule has 3 rings (SSSR count). The highest BCUT2D eigenvalue weighted by Gasteiger charge is 2.16. The van der Waals surface area contributed by atoms with Crippen LogP contribution in [0.2, 0.25) is 0 Å². The summed E-state index contributed by atoms with van der Waals surface area (Å²) in [6.45, 7) is 0. The van der Waals surface area contributed by atoms with Crippen molar-refractivity contribution in [3.05, 3.63) is 52.9 Å². The highest BCUT2D eigenvalue weighted by atomic mass is 15.3. The summed E-state index contributed by atoms with van der Waals surface area (Å²) >= 11 is 0. The highest BCUT2D eigenvalue weighted by Crippen LogP contribution is 2.33. The monoisotopic (exact) mass is 278 g/mol. The second-order valence-electron chi connectivity index (χ2n) is 5.44. The van der Waals surface area contributed by atoms with E-state index in [1.54, 1.807) is 6.20 Å². The van der Waals surface area contributed by atoms with Crippen LogP contribution < -0.4 is 0 Å². The summed E-state index contributed by atoms with van der Waals surface area (Å²) < 4.78 is 0. The molecule has 1 saturated carbocycles. The number of nitrogens with zero attached hydrogens (tertiary/aromatic N) is 3. The van der Waals surface area contributed by atoms with Gasteiger partial charge >= 0.3 is 0 Å². The quantitative estimate of drug-likeness (QED) is 0.849. The van der Waals surface area contributed by atoms with E-state index in [0.717, 1.165) is 24.1 Å². The number of benzene rings is 1. The van der Waals surface area contributed by atoms with Gasteiger partial charge in [0.25, 0.3) is 0 Å². The van der Waals surface area contributed by atoms with Crippen molar-refractivity contribution < 1.29 is 0 Å². The number of aromatic nitrogens is 3. The number of rotatable bonds is 2. The van der Waals surface area contributed by atoms with Gasteiger partial charge in [-0.05, 0) is 43.4 Å². The molecular weight excluding hydrogens is 260 g/mol. The Labute approximate surface area is 124 Å². The lowest BCUT2D eigenvalue weighted by molar-refractivity contribution is 0.702. The predicted octanol–water partition coefficient (Wildman–Crippen LogP) is 3.83. The molecule has 0 radical (unpaired) electrons. The molecule has 2 aromatic rings. The molecule has 4 heteroatoms. The molecule has 1 heterocycles. The second-order valence-corrected chi connectivity index (χ2v) is 5.44. The van der Waals surface area contributed by atoms with Gasteiger partial charge in [-0.15, -0.1) is 0 Å². The van der Waals surface area contributed by atoms with Crippen LogP contribution in [0.4, 0.5) is 0 Å². The number of H-pyrrole nitrogens is 1. The SMILES string of the molecule is N#Cc1ccc(C(=C2CCCCCC2)c2cn[nH]n2)cc1. The Morgan fingerprint density at radius 2 is 1.76 bits per heavy atom. The highest BCUT2D eigenvalue weighted by molar-refractivity contribution is 5.80. The largest absolute Gasteiger partial charge is 0.197 e. The van der Waals surface area contributed by atoms with Crippen LogP contribution in [0.3, 0.4) is 0 Å². The van der Waals surface area contributed by atoms with Gasteiger partial charge in [0.15, 0.2) is 0 Å². The number of hydrogen-bond acceptors (Lipinski definition) is 3. The summed E-state index contributed by atoms with van der Waals surface area (Å²) in [4.78, 5) is 0. The van der Waals surface area contributed by atoms with Gasteiger partial charge in [0, 0.05) is 5.57 Å². The van der Waals surface area contributed by atoms with Gasteiger partial charge in [-0.25, -0.2) is 0 Å². The van der Waals surface area contributed by atoms with Crippen LogP contribution in [0.15, 0.2) is 36.0 Å². The molecule has 1 aliphatic carbocycles. The molecule has 21 heavy (non-hydrogen) atoms. The van der Waals surface area contributed by atoms with E-state index in [1.807, 2.05) is 24.3 Å². The lowest BCUT2D eigenvalue weighted by Gasteiger charge is -2.12. The average molecular weight is 278 g/mol. The summed E-state index contributed by atoms with van der Waals surface area (Å²) in [5.74, 6) is 0. The minimum absolute atomic E-state index is 0.684. The fourth-order valence-corrected chi connectivity index (χ4v) is 2.97. The minimum Gasteiger partial charge on any atom is -0.197 e. The summed E-state index contributed by atoms with van der Waals surface area (Å²) in [6, 6.07) is 9.93. The molecule has 1 aromatic heterocycles. The standard InChI is InChI=1S/C17H18N4/c18-11-13-7-9-15(10-8-13)17(16-12-19-21-20-16)14-5-3-1-2-4-6-14/h7-10,12H,1-6H2,(H,19,20,21). The minimum atomic E-state index is 0.684. The summed E-state index contributed by atoms with van der Waals surface area (Å²) in [5, 5.41) is 19.9. The number of allylic oxidation sites excluding steroid dienone is 1. The summed E-state index contributed by atoms with van der Waals surface area (Å²) in [7, 11) is 0. The first kappa shape index (κ1) is 13.6. The van der Waals surface area contributed by atoms with E-state index in [9.17, 15) is 0 Å². The van der Waals surface area contributed by atoms with Crippen LogP contribution in [0.25, 0.3) is 5.57 Å². The maximum absolute atomic E-state index is 8.95. The van der Waals surface area contributed by atoms with Gasteiger partial charge in [0.1, 0.15) is 5.69 Å². The molecule has 1 fully saturated rings. The van der Waals surface area contributed by atoms with Crippen LogP contribution in [0.5, 0.6) is 0 Å². The Bertz CT molecular complexity index is 650. The van der Waals surface area contributed by atoms with Crippen molar-refractivity contribution in [3.63, 3.8) is 0 Å². The Morgan fingerprint density at radius 3 is 2.33 bits per heavy atom. The van der Waals surface area contributed by atoms with E-state index in [2.05, 4.69) is 21.5 Å². The second kappa shape index (κ2) is 6.36. The fraction of sp³-hybridized carbons (Fsp3) is 0.353. The van der Waals surface area contributed by atoms with E-state index in [1.165, 1.54) is 36.8 Å². The Balaban J connectivity index is 2.07. The molecule has 0 bridgehead atoms. The molecule has 106 valence electrons. The predicted molar refractivity (Wildman–Crippen MR) is 81.3 cm³/mol. The lowest BCUT2D eigenvalue weighted by atomic mass is 9.92. The van der Waals surface area contributed by atoms with Gasteiger partial charge in [0.2, 0.25) is 0 Å². The number of hydrogen-bond donors (Lipinski definition) is 1. The molecule has 0 atom stereocenters. The molecule has 0 spiro atoms. The zero-order chi connectivity index (χ0) is 14.5. The smallest absolute Gasteiger partial charge is 0.113 e. The van der Waals surface area contributed by atoms with Crippen LogP contribution in [0.1, 0.15) is 55.3 Å². The van der Waals surface area contributed by atoms with Gasteiger partial charge in [-0.2, -0.15) is 20.7 Å².